The van der Waals surface area contributed by atoms with Crippen molar-refractivity contribution in [3.63, 3.8) is 0 Å². The maximum atomic E-state index is 13.1. The van der Waals surface area contributed by atoms with E-state index in [1.54, 1.807) is 6.08 Å². The molecule has 38 heavy (non-hydrogen) atoms. The molecule has 1 unspecified atom stereocenters. The Labute approximate surface area is 233 Å². The van der Waals surface area contributed by atoms with Crippen LogP contribution >= 0.6 is 15.9 Å². The SMILES string of the molecule is C=CCOC1(C)CCN(c2c(C(OC(C)(C)C)C(=O)OC)c(C)nc3cc(-c4cccc(Br)c4)nn23)CC1. The van der Waals surface area contributed by atoms with Crippen LogP contribution in [0, 0.1) is 6.92 Å². The highest BCUT2D eigenvalue weighted by atomic mass is 79.9. The number of esters is 1. The lowest BCUT2D eigenvalue weighted by Gasteiger charge is -2.41. The minimum Gasteiger partial charge on any atom is -0.467 e. The molecule has 3 heterocycles. The van der Waals surface area contributed by atoms with Gasteiger partial charge in [-0.2, -0.15) is 9.61 Å². The molecule has 9 heteroatoms. The molecule has 0 saturated carbocycles. The highest BCUT2D eigenvalue weighted by molar-refractivity contribution is 9.10. The van der Waals surface area contributed by atoms with Gasteiger partial charge in [0.15, 0.2) is 11.8 Å². The predicted molar refractivity (Wildman–Crippen MR) is 152 cm³/mol. The zero-order chi connectivity index (χ0) is 27.7. The number of aromatic nitrogens is 3. The summed E-state index contributed by atoms with van der Waals surface area (Å²) in [5.41, 5.74) is 2.98. The van der Waals surface area contributed by atoms with Gasteiger partial charge in [-0.25, -0.2) is 9.78 Å². The Kier molecular flexibility index (Phi) is 8.30. The van der Waals surface area contributed by atoms with Crippen molar-refractivity contribution in [3.8, 4) is 11.3 Å². The van der Waals surface area contributed by atoms with E-state index in [9.17, 15) is 4.79 Å². The molecule has 0 radical (unpaired) electrons. The number of ether oxygens (including phenoxy) is 3. The largest absolute Gasteiger partial charge is 0.467 e. The quantitative estimate of drug-likeness (QED) is 0.235. The first kappa shape index (κ1) is 28.3. The standard InChI is InChI=1S/C29H37BrN4O4/c1-8-16-37-29(6)12-14-33(15-13-29)26-24(25(27(35)36-7)38-28(3,4)5)19(2)31-23-18-22(32-34(23)26)20-10-9-11-21(30)17-20/h8-11,17-18,25H,1,12-16H2,2-7H3. The summed E-state index contributed by atoms with van der Waals surface area (Å²) in [5, 5.41) is 4.99. The molecular formula is C29H37BrN4O4. The first-order valence-electron chi connectivity index (χ1n) is 12.9. The summed E-state index contributed by atoms with van der Waals surface area (Å²) in [5.74, 6) is 0.320. The molecule has 0 N–H and O–H groups in total. The van der Waals surface area contributed by atoms with Crippen LogP contribution in [-0.4, -0.2) is 58.6 Å². The molecule has 0 bridgehead atoms. The number of benzene rings is 1. The number of methoxy groups -OCH3 is 1. The number of carbonyl (C=O) groups excluding carboxylic acids is 1. The van der Waals surface area contributed by atoms with Crippen LogP contribution in [0.3, 0.4) is 0 Å². The Bertz CT molecular complexity index is 1320. The average molecular weight is 586 g/mol. The van der Waals surface area contributed by atoms with E-state index in [-0.39, 0.29) is 5.60 Å². The number of halogens is 1. The van der Waals surface area contributed by atoms with Gasteiger partial charge < -0.3 is 19.1 Å². The smallest absolute Gasteiger partial charge is 0.339 e. The van der Waals surface area contributed by atoms with Crippen LogP contribution in [0.2, 0.25) is 0 Å². The molecule has 2 aromatic heterocycles. The average Bonchev–Trinajstić information content (AvgIpc) is 3.29. The van der Waals surface area contributed by atoms with Gasteiger partial charge in [-0.1, -0.05) is 34.1 Å². The van der Waals surface area contributed by atoms with E-state index in [1.807, 2.05) is 62.5 Å². The predicted octanol–water partition coefficient (Wildman–Crippen LogP) is 6.06. The summed E-state index contributed by atoms with van der Waals surface area (Å²) >= 11 is 3.56. The molecule has 3 aromatic rings. The maximum absolute atomic E-state index is 13.1. The number of rotatable bonds is 8. The Morgan fingerprint density at radius 2 is 1.97 bits per heavy atom. The summed E-state index contributed by atoms with van der Waals surface area (Å²) in [6.07, 6.45) is 2.44. The Morgan fingerprint density at radius 3 is 2.58 bits per heavy atom. The van der Waals surface area contributed by atoms with Crippen molar-refractivity contribution in [2.24, 2.45) is 0 Å². The number of fused-ring (bicyclic) bond motifs is 1. The molecule has 0 amide bonds. The number of hydrogen-bond acceptors (Lipinski definition) is 7. The summed E-state index contributed by atoms with van der Waals surface area (Å²) in [6, 6.07) is 9.98. The number of nitrogens with zero attached hydrogens (tertiary/aromatic N) is 4. The number of anilines is 1. The molecule has 1 aliphatic rings. The zero-order valence-electron chi connectivity index (χ0n) is 23.1. The molecule has 1 fully saturated rings. The maximum Gasteiger partial charge on any atom is 0.339 e. The lowest BCUT2D eigenvalue weighted by atomic mass is 9.92. The Balaban J connectivity index is 1.89. The van der Waals surface area contributed by atoms with Crippen molar-refractivity contribution in [3.05, 3.63) is 58.7 Å². The van der Waals surface area contributed by atoms with E-state index < -0.39 is 17.7 Å². The van der Waals surface area contributed by atoms with Crippen molar-refractivity contribution >= 4 is 33.4 Å². The fourth-order valence-electron chi connectivity index (χ4n) is 4.80. The molecule has 204 valence electrons. The van der Waals surface area contributed by atoms with E-state index in [0.29, 0.717) is 36.6 Å². The van der Waals surface area contributed by atoms with Crippen LogP contribution in [0.5, 0.6) is 0 Å². The van der Waals surface area contributed by atoms with Gasteiger partial charge in [-0.3, -0.25) is 0 Å². The highest BCUT2D eigenvalue weighted by Crippen LogP contribution is 2.38. The molecule has 1 aromatic carbocycles. The van der Waals surface area contributed by atoms with Gasteiger partial charge in [0.05, 0.1) is 36.2 Å². The van der Waals surface area contributed by atoms with Crippen molar-refractivity contribution in [1.29, 1.82) is 0 Å². The monoisotopic (exact) mass is 584 g/mol. The molecule has 0 aliphatic carbocycles. The van der Waals surface area contributed by atoms with E-state index in [2.05, 4.69) is 34.3 Å². The highest BCUT2D eigenvalue weighted by Gasteiger charge is 2.38. The van der Waals surface area contributed by atoms with Crippen molar-refractivity contribution in [1.82, 2.24) is 14.6 Å². The normalized spacial score (nSPS) is 16.4. The Hall–Kier alpha value is -2.75. The van der Waals surface area contributed by atoms with Gasteiger partial charge in [0.2, 0.25) is 0 Å². The van der Waals surface area contributed by atoms with Gasteiger partial charge >= 0.3 is 5.97 Å². The molecule has 8 nitrogen and oxygen atoms in total. The molecule has 1 atom stereocenters. The first-order chi connectivity index (χ1) is 17.9. The topological polar surface area (TPSA) is 78.2 Å². The Morgan fingerprint density at radius 1 is 1.26 bits per heavy atom. The van der Waals surface area contributed by atoms with Crippen LogP contribution < -0.4 is 4.90 Å². The van der Waals surface area contributed by atoms with Crippen LogP contribution in [0.1, 0.15) is 57.9 Å². The van der Waals surface area contributed by atoms with Gasteiger partial charge in [-0.05, 0) is 59.6 Å². The molecular weight excluding hydrogens is 548 g/mol. The number of aryl methyl sites for hydroxylation is 1. The second-order valence-corrected chi connectivity index (χ2v) is 11.8. The summed E-state index contributed by atoms with van der Waals surface area (Å²) < 4.78 is 20.4. The number of carbonyl (C=O) groups is 1. The van der Waals surface area contributed by atoms with Crippen LogP contribution in [0.25, 0.3) is 16.9 Å². The van der Waals surface area contributed by atoms with E-state index in [0.717, 1.165) is 34.4 Å². The number of hydrogen-bond donors (Lipinski definition) is 0. The van der Waals surface area contributed by atoms with Crippen molar-refractivity contribution in [2.45, 2.75) is 64.8 Å². The van der Waals surface area contributed by atoms with Crippen LogP contribution in [0.15, 0.2) is 47.5 Å². The third kappa shape index (κ3) is 6.11. The lowest BCUT2D eigenvalue weighted by molar-refractivity contribution is -0.164. The van der Waals surface area contributed by atoms with E-state index >= 15 is 0 Å². The van der Waals surface area contributed by atoms with E-state index in [4.69, 9.17) is 24.3 Å². The third-order valence-corrected chi connectivity index (χ3v) is 7.24. The van der Waals surface area contributed by atoms with Gasteiger partial charge in [0.1, 0.15) is 5.82 Å². The molecule has 1 aliphatic heterocycles. The summed E-state index contributed by atoms with van der Waals surface area (Å²) in [6.45, 7) is 15.6. The van der Waals surface area contributed by atoms with Crippen LogP contribution in [0.4, 0.5) is 5.82 Å². The van der Waals surface area contributed by atoms with Gasteiger partial charge in [-0.15, -0.1) is 6.58 Å². The third-order valence-electron chi connectivity index (χ3n) is 6.74. The second kappa shape index (κ2) is 11.2. The van der Waals surface area contributed by atoms with E-state index in [1.165, 1.54) is 7.11 Å². The minimum atomic E-state index is -0.962. The minimum absolute atomic E-state index is 0.249. The fourth-order valence-corrected chi connectivity index (χ4v) is 5.20. The summed E-state index contributed by atoms with van der Waals surface area (Å²) in [7, 11) is 1.38. The second-order valence-electron chi connectivity index (χ2n) is 10.9. The first-order valence-corrected chi connectivity index (χ1v) is 13.7. The summed E-state index contributed by atoms with van der Waals surface area (Å²) in [4.78, 5) is 20.3. The fraction of sp³-hybridized carbons (Fsp3) is 0.483. The van der Waals surface area contributed by atoms with Crippen molar-refractivity contribution < 1.29 is 19.0 Å². The molecule has 1 saturated heterocycles. The number of piperidine rings is 1. The van der Waals surface area contributed by atoms with Gasteiger partial charge in [0.25, 0.3) is 0 Å². The van der Waals surface area contributed by atoms with Crippen molar-refractivity contribution in [2.75, 3.05) is 31.7 Å². The molecule has 4 rings (SSSR count). The molecule has 0 spiro atoms. The zero-order valence-corrected chi connectivity index (χ0v) is 24.7. The van der Waals surface area contributed by atoms with Crippen LogP contribution in [-0.2, 0) is 19.0 Å². The lowest BCUT2D eigenvalue weighted by Crippen LogP contribution is -2.45. The van der Waals surface area contributed by atoms with Gasteiger partial charge in [0, 0.05) is 34.9 Å².